The molecule has 7 heteroatoms. The number of rotatable bonds is 5. The second-order valence-electron chi connectivity index (χ2n) is 5.54. The van der Waals surface area contributed by atoms with E-state index in [1.165, 1.54) is 16.9 Å². The smallest absolute Gasteiger partial charge is 0.338 e. The monoisotopic (exact) mass is 430 g/mol. The first-order valence-corrected chi connectivity index (χ1v) is 9.37. The maximum atomic E-state index is 12.1. The third-order valence-electron chi connectivity index (χ3n) is 3.56. The summed E-state index contributed by atoms with van der Waals surface area (Å²) in [4.78, 5) is 27.8. The van der Waals surface area contributed by atoms with Crippen molar-refractivity contribution in [1.29, 1.82) is 0 Å². The third-order valence-corrected chi connectivity index (χ3v) is 4.96. The standard InChI is InChI=1S/C19H15BrN2O3S/c1-12-2-4-13(5-3-12)14-6-8-15(9-7-14)18(24)25-11-17(23)22-19-21-10-16(20)26-19/h2-10H,11H2,1H3,(H,21,22,23). The average molecular weight is 431 g/mol. The summed E-state index contributed by atoms with van der Waals surface area (Å²) in [5, 5.41) is 3.01. The highest BCUT2D eigenvalue weighted by molar-refractivity contribution is 9.11. The lowest BCUT2D eigenvalue weighted by Gasteiger charge is -2.06. The molecule has 0 saturated heterocycles. The number of benzene rings is 2. The molecule has 0 aliphatic heterocycles. The predicted molar refractivity (Wildman–Crippen MR) is 105 cm³/mol. The van der Waals surface area contributed by atoms with Crippen LogP contribution in [0.2, 0.25) is 0 Å². The van der Waals surface area contributed by atoms with Crippen LogP contribution in [0.25, 0.3) is 11.1 Å². The molecule has 0 aliphatic carbocycles. The number of aryl methyl sites for hydroxylation is 1. The van der Waals surface area contributed by atoms with Crippen LogP contribution in [-0.4, -0.2) is 23.5 Å². The highest BCUT2D eigenvalue weighted by Crippen LogP contribution is 2.23. The molecule has 0 aliphatic rings. The largest absolute Gasteiger partial charge is 0.452 e. The van der Waals surface area contributed by atoms with Crippen LogP contribution in [0.3, 0.4) is 0 Å². The Bertz CT molecular complexity index is 921. The number of anilines is 1. The Balaban J connectivity index is 1.56. The van der Waals surface area contributed by atoms with Crippen molar-refractivity contribution in [1.82, 2.24) is 4.98 Å². The first-order chi connectivity index (χ1) is 12.5. The van der Waals surface area contributed by atoms with Crippen molar-refractivity contribution in [2.75, 3.05) is 11.9 Å². The summed E-state index contributed by atoms with van der Waals surface area (Å²) in [6.45, 7) is 1.67. The topological polar surface area (TPSA) is 68.3 Å². The van der Waals surface area contributed by atoms with Gasteiger partial charge in [-0.3, -0.25) is 10.1 Å². The predicted octanol–water partition coefficient (Wildman–Crippen LogP) is 4.68. The van der Waals surface area contributed by atoms with E-state index in [9.17, 15) is 9.59 Å². The number of ether oxygens (including phenoxy) is 1. The molecule has 26 heavy (non-hydrogen) atoms. The minimum atomic E-state index is -0.545. The summed E-state index contributed by atoms with van der Waals surface area (Å²) >= 11 is 4.54. The molecule has 132 valence electrons. The van der Waals surface area contributed by atoms with Crippen LogP contribution in [0.4, 0.5) is 5.13 Å². The van der Waals surface area contributed by atoms with Crippen molar-refractivity contribution < 1.29 is 14.3 Å². The van der Waals surface area contributed by atoms with Crippen molar-refractivity contribution in [3.63, 3.8) is 0 Å². The van der Waals surface area contributed by atoms with Crippen LogP contribution in [0.1, 0.15) is 15.9 Å². The van der Waals surface area contributed by atoms with Gasteiger partial charge in [0.1, 0.15) is 0 Å². The summed E-state index contributed by atoms with van der Waals surface area (Å²) in [6.07, 6.45) is 1.59. The molecule has 2 aromatic carbocycles. The van der Waals surface area contributed by atoms with E-state index in [1.54, 1.807) is 18.3 Å². The van der Waals surface area contributed by atoms with E-state index in [2.05, 4.69) is 26.2 Å². The van der Waals surface area contributed by atoms with E-state index < -0.39 is 11.9 Å². The molecule has 5 nitrogen and oxygen atoms in total. The highest BCUT2D eigenvalue weighted by atomic mass is 79.9. The molecule has 1 N–H and O–H groups in total. The number of nitrogens with one attached hydrogen (secondary N) is 1. The lowest BCUT2D eigenvalue weighted by Crippen LogP contribution is -2.20. The van der Waals surface area contributed by atoms with E-state index >= 15 is 0 Å². The number of esters is 1. The maximum absolute atomic E-state index is 12.1. The molecule has 1 amide bonds. The number of carbonyl (C=O) groups excluding carboxylic acids is 2. The zero-order valence-electron chi connectivity index (χ0n) is 13.9. The van der Waals surface area contributed by atoms with Gasteiger partial charge in [0.15, 0.2) is 11.7 Å². The lowest BCUT2D eigenvalue weighted by atomic mass is 10.0. The van der Waals surface area contributed by atoms with Gasteiger partial charge in [0.2, 0.25) is 0 Å². The van der Waals surface area contributed by atoms with Crippen molar-refractivity contribution in [2.45, 2.75) is 6.92 Å². The SMILES string of the molecule is Cc1ccc(-c2ccc(C(=O)OCC(=O)Nc3ncc(Br)s3)cc2)cc1. The lowest BCUT2D eigenvalue weighted by molar-refractivity contribution is -0.119. The molecular weight excluding hydrogens is 416 g/mol. The molecule has 0 radical (unpaired) electrons. The molecule has 3 rings (SSSR count). The number of carbonyl (C=O) groups is 2. The highest BCUT2D eigenvalue weighted by Gasteiger charge is 2.12. The molecular formula is C19H15BrN2O3S. The van der Waals surface area contributed by atoms with Gasteiger partial charge in [-0.05, 0) is 46.1 Å². The molecule has 3 aromatic rings. The fraction of sp³-hybridized carbons (Fsp3) is 0.105. The number of hydrogen-bond donors (Lipinski definition) is 1. The number of amides is 1. The fourth-order valence-electron chi connectivity index (χ4n) is 2.23. The summed E-state index contributed by atoms with van der Waals surface area (Å²) in [6, 6.07) is 15.2. The van der Waals surface area contributed by atoms with Crippen LogP contribution >= 0.6 is 27.3 Å². The van der Waals surface area contributed by atoms with Gasteiger partial charge in [0.25, 0.3) is 5.91 Å². The number of aromatic nitrogens is 1. The van der Waals surface area contributed by atoms with Gasteiger partial charge in [-0.1, -0.05) is 53.3 Å². The Kier molecular flexibility index (Phi) is 5.80. The maximum Gasteiger partial charge on any atom is 0.338 e. The van der Waals surface area contributed by atoms with Crippen molar-refractivity contribution in [3.05, 3.63) is 69.6 Å². The quantitative estimate of drug-likeness (QED) is 0.596. The molecule has 0 saturated carbocycles. The summed E-state index contributed by atoms with van der Waals surface area (Å²) in [5.74, 6) is -0.979. The Morgan fingerprint density at radius 1 is 1.08 bits per heavy atom. The summed E-state index contributed by atoms with van der Waals surface area (Å²) in [5.41, 5.74) is 3.67. The van der Waals surface area contributed by atoms with Crippen molar-refractivity contribution >= 4 is 44.3 Å². The first-order valence-electron chi connectivity index (χ1n) is 7.77. The molecule has 1 aromatic heterocycles. The second-order valence-corrected chi connectivity index (χ2v) is 7.95. The van der Waals surface area contributed by atoms with Crippen molar-refractivity contribution in [2.24, 2.45) is 0 Å². The van der Waals surface area contributed by atoms with Crippen LogP contribution in [0.15, 0.2) is 58.5 Å². The zero-order chi connectivity index (χ0) is 18.5. The first kappa shape index (κ1) is 18.3. The number of halogens is 1. The Labute approximate surface area is 163 Å². The number of nitrogens with zero attached hydrogens (tertiary/aromatic N) is 1. The summed E-state index contributed by atoms with van der Waals surface area (Å²) in [7, 11) is 0. The number of hydrogen-bond acceptors (Lipinski definition) is 5. The molecule has 0 unspecified atom stereocenters. The summed E-state index contributed by atoms with van der Waals surface area (Å²) < 4.78 is 5.85. The fourth-order valence-corrected chi connectivity index (χ4v) is 3.35. The van der Waals surface area contributed by atoms with E-state index in [4.69, 9.17) is 4.74 Å². The Morgan fingerprint density at radius 3 is 2.27 bits per heavy atom. The number of thiazole rings is 1. The molecule has 0 atom stereocenters. The average Bonchev–Trinajstić information content (AvgIpc) is 3.05. The van der Waals surface area contributed by atoms with Gasteiger partial charge in [-0.15, -0.1) is 0 Å². The van der Waals surface area contributed by atoms with Crippen LogP contribution in [0, 0.1) is 6.92 Å². The van der Waals surface area contributed by atoms with Gasteiger partial charge in [0.05, 0.1) is 15.5 Å². The van der Waals surface area contributed by atoms with E-state index in [-0.39, 0.29) is 6.61 Å². The normalized spacial score (nSPS) is 10.4. The van der Waals surface area contributed by atoms with Crippen LogP contribution in [0.5, 0.6) is 0 Å². The Hall–Kier alpha value is -2.51. The van der Waals surface area contributed by atoms with Crippen molar-refractivity contribution in [3.8, 4) is 11.1 Å². The minimum absolute atomic E-state index is 0.365. The van der Waals surface area contributed by atoms with Gasteiger partial charge >= 0.3 is 5.97 Å². The van der Waals surface area contributed by atoms with Crippen LogP contribution < -0.4 is 5.32 Å². The van der Waals surface area contributed by atoms with Gasteiger partial charge in [0, 0.05) is 0 Å². The second kappa shape index (κ2) is 8.25. The third kappa shape index (κ3) is 4.77. The zero-order valence-corrected chi connectivity index (χ0v) is 16.3. The van der Waals surface area contributed by atoms with E-state index in [0.717, 1.165) is 14.9 Å². The van der Waals surface area contributed by atoms with Gasteiger partial charge in [-0.25, -0.2) is 9.78 Å². The Morgan fingerprint density at radius 2 is 1.69 bits per heavy atom. The minimum Gasteiger partial charge on any atom is -0.452 e. The molecule has 0 spiro atoms. The van der Waals surface area contributed by atoms with E-state index in [1.807, 2.05) is 43.3 Å². The van der Waals surface area contributed by atoms with Gasteiger partial charge < -0.3 is 4.74 Å². The van der Waals surface area contributed by atoms with Gasteiger partial charge in [-0.2, -0.15) is 0 Å². The molecule has 0 fully saturated rings. The van der Waals surface area contributed by atoms with E-state index in [0.29, 0.717) is 10.7 Å². The molecule has 0 bridgehead atoms. The molecule has 1 heterocycles. The van der Waals surface area contributed by atoms with Crippen LogP contribution in [-0.2, 0) is 9.53 Å².